The lowest BCUT2D eigenvalue weighted by molar-refractivity contribution is -0.124. The van der Waals surface area contributed by atoms with E-state index in [1.54, 1.807) is 0 Å². The summed E-state index contributed by atoms with van der Waals surface area (Å²) in [6.45, 7) is 5.06. The number of carbonyl (C=O) groups is 1. The molecule has 0 radical (unpaired) electrons. The van der Waals surface area contributed by atoms with E-state index in [2.05, 4.69) is 29.9 Å². The van der Waals surface area contributed by atoms with Crippen LogP contribution >= 0.6 is 0 Å². The Balaban J connectivity index is 2.06. The minimum atomic E-state index is -0.535. The second kappa shape index (κ2) is 6.90. The molecule has 132 valence electrons. The average molecular weight is 342 g/mol. The molecule has 1 aliphatic heterocycles. The number of nitrogens with two attached hydrogens (primary N) is 1. The number of fused-ring (bicyclic) bond motifs is 1. The Morgan fingerprint density at radius 1 is 1.44 bits per heavy atom. The van der Waals surface area contributed by atoms with Crippen LogP contribution in [0.25, 0.3) is 0 Å². The van der Waals surface area contributed by atoms with Gasteiger partial charge >= 0.3 is 0 Å². The molecule has 1 aromatic rings. The van der Waals surface area contributed by atoms with Gasteiger partial charge in [-0.2, -0.15) is 5.26 Å². The maximum Gasteiger partial charge on any atom is 0.203 e. The first-order valence-electron chi connectivity index (χ1n) is 8.37. The number of Topliss-reactive ketones (excluding diaryl/α,β-unsaturated/α-hetero) is 1. The van der Waals surface area contributed by atoms with Crippen LogP contribution in [0, 0.1) is 22.7 Å². The summed E-state index contributed by atoms with van der Waals surface area (Å²) in [5, 5.41) is 9.73. The maximum absolute atomic E-state index is 12.8. The van der Waals surface area contributed by atoms with E-state index in [9.17, 15) is 10.1 Å². The first-order chi connectivity index (χ1) is 12.0. The van der Waals surface area contributed by atoms with Crippen LogP contribution in [-0.4, -0.2) is 36.2 Å². The molecule has 2 heterocycles. The number of allylic oxidation sites excluding steroid dienone is 1. The van der Waals surface area contributed by atoms with Gasteiger partial charge in [-0.1, -0.05) is 13.8 Å². The third-order valence-corrected chi connectivity index (χ3v) is 4.59. The molecule has 0 spiro atoms. The zero-order chi connectivity index (χ0) is 18.0. The van der Waals surface area contributed by atoms with Crippen LogP contribution in [0.5, 0.6) is 0 Å². The minimum Gasteiger partial charge on any atom is -0.448 e. The SMILES string of the molecule is CC1(C)CC(=O)C2C(=NC(COCCN)=C(C#N)C2c2ncco2)C1. The van der Waals surface area contributed by atoms with Crippen molar-refractivity contribution in [2.75, 3.05) is 19.8 Å². The van der Waals surface area contributed by atoms with E-state index in [0.717, 1.165) is 5.71 Å². The van der Waals surface area contributed by atoms with E-state index >= 15 is 0 Å². The molecule has 1 saturated carbocycles. The van der Waals surface area contributed by atoms with Crippen molar-refractivity contribution in [1.82, 2.24) is 4.98 Å². The van der Waals surface area contributed by atoms with E-state index in [0.29, 0.717) is 43.2 Å². The standard InChI is InChI=1S/C18H22N4O3/c1-18(2)7-12-16(14(23)8-18)15(17-21-4-6-25-17)11(9-20)13(22-12)10-24-5-3-19/h4,6,15-16H,3,5,7-8,10,19H2,1-2H3. The maximum atomic E-state index is 12.8. The fourth-order valence-electron chi connectivity index (χ4n) is 3.65. The van der Waals surface area contributed by atoms with Gasteiger partial charge in [-0.25, -0.2) is 4.98 Å². The minimum absolute atomic E-state index is 0.0767. The van der Waals surface area contributed by atoms with Crippen molar-refractivity contribution in [2.45, 2.75) is 32.6 Å². The molecule has 25 heavy (non-hydrogen) atoms. The summed E-state index contributed by atoms with van der Waals surface area (Å²) in [6.07, 6.45) is 4.13. The second-order valence-corrected chi connectivity index (χ2v) is 7.23. The molecule has 7 nitrogen and oxygen atoms in total. The van der Waals surface area contributed by atoms with Gasteiger partial charge in [0.15, 0.2) is 0 Å². The monoisotopic (exact) mass is 342 g/mol. The van der Waals surface area contributed by atoms with Gasteiger partial charge in [-0.05, 0) is 11.8 Å². The predicted octanol–water partition coefficient (Wildman–Crippen LogP) is 1.97. The third kappa shape index (κ3) is 3.41. The third-order valence-electron chi connectivity index (χ3n) is 4.59. The predicted molar refractivity (Wildman–Crippen MR) is 90.7 cm³/mol. The Bertz CT molecular complexity index is 756. The highest BCUT2D eigenvalue weighted by atomic mass is 16.5. The molecule has 2 unspecified atom stereocenters. The van der Waals surface area contributed by atoms with E-state index in [1.807, 2.05) is 0 Å². The highest BCUT2D eigenvalue weighted by molar-refractivity contribution is 6.10. The molecule has 2 atom stereocenters. The summed E-state index contributed by atoms with van der Waals surface area (Å²) in [4.78, 5) is 21.7. The smallest absolute Gasteiger partial charge is 0.203 e. The van der Waals surface area contributed by atoms with Crippen LogP contribution in [0.1, 0.15) is 38.5 Å². The van der Waals surface area contributed by atoms with Crippen LogP contribution in [0.2, 0.25) is 0 Å². The van der Waals surface area contributed by atoms with Gasteiger partial charge in [-0.3, -0.25) is 9.79 Å². The molecule has 7 heteroatoms. The van der Waals surface area contributed by atoms with Crippen LogP contribution in [-0.2, 0) is 9.53 Å². The Kier molecular flexibility index (Phi) is 4.84. The molecule has 1 fully saturated rings. The fourth-order valence-corrected chi connectivity index (χ4v) is 3.65. The molecule has 2 N–H and O–H groups in total. The Morgan fingerprint density at radius 3 is 2.88 bits per heavy atom. The number of ketones is 1. The van der Waals surface area contributed by atoms with Gasteiger partial charge in [0.25, 0.3) is 0 Å². The Morgan fingerprint density at radius 2 is 2.24 bits per heavy atom. The van der Waals surface area contributed by atoms with E-state index in [4.69, 9.17) is 14.9 Å². The van der Waals surface area contributed by atoms with Crippen molar-refractivity contribution < 1.29 is 13.9 Å². The molecule has 2 aliphatic rings. The van der Waals surface area contributed by atoms with Gasteiger partial charge in [0.05, 0.1) is 48.6 Å². The number of carbonyl (C=O) groups excluding carboxylic acids is 1. The highest BCUT2D eigenvalue weighted by Gasteiger charge is 2.48. The number of nitriles is 1. The van der Waals surface area contributed by atoms with Crippen molar-refractivity contribution in [3.8, 4) is 6.07 Å². The molecule has 0 bridgehead atoms. The number of ether oxygens (including phenoxy) is 1. The normalized spacial score (nSPS) is 25.4. The summed E-state index contributed by atoms with van der Waals surface area (Å²) >= 11 is 0. The molecule has 1 aliphatic carbocycles. The second-order valence-electron chi connectivity index (χ2n) is 7.23. The molecule has 0 aromatic carbocycles. The highest BCUT2D eigenvalue weighted by Crippen LogP contribution is 2.46. The van der Waals surface area contributed by atoms with Gasteiger partial charge in [0.1, 0.15) is 12.0 Å². The fraction of sp³-hybridized carbons (Fsp3) is 0.556. The lowest BCUT2D eigenvalue weighted by atomic mass is 9.65. The van der Waals surface area contributed by atoms with E-state index in [1.165, 1.54) is 12.5 Å². The van der Waals surface area contributed by atoms with Crippen molar-refractivity contribution >= 4 is 11.5 Å². The summed E-state index contributed by atoms with van der Waals surface area (Å²) in [5.74, 6) is -0.571. The number of hydrogen-bond acceptors (Lipinski definition) is 7. The van der Waals surface area contributed by atoms with Gasteiger partial charge in [0.2, 0.25) is 5.89 Å². The Hall–Kier alpha value is -2.30. The summed E-state index contributed by atoms with van der Waals surface area (Å²) in [7, 11) is 0. The molecule has 0 saturated heterocycles. The summed E-state index contributed by atoms with van der Waals surface area (Å²) in [5.41, 5.74) is 7.03. The molecular formula is C18H22N4O3. The molecule has 1 aromatic heterocycles. The van der Waals surface area contributed by atoms with Crippen molar-refractivity contribution in [1.29, 1.82) is 5.26 Å². The van der Waals surface area contributed by atoms with Crippen LogP contribution < -0.4 is 5.73 Å². The first-order valence-corrected chi connectivity index (χ1v) is 8.37. The zero-order valence-electron chi connectivity index (χ0n) is 14.5. The Labute approximate surface area is 146 Å². The van der Waals surface area contributed by atoms with E-state index < -0.39 is 11.8 Å². The lowest BCUT2D eigenvalue weighted by Crippen LogP contribution is -2.43. The van der Waals surface area contributed by atoms with Crippen LogP contribution in [0.3, 0.4) is 0 Å². The average Bonchev–Trinajstić information content (AvgIpc) is 3.06. The topological polar surface area (TPSA) is 114 Å². The summed E-state index contributed by atoms with van der Waals surface area (Å²) in [6, 6.07) is 2.20. The number of aromatic nitrogens is 1. The number of oxazole rings is 1. The van der Waals surface area contributed by atoms with Gasteiger partial charge in [-0.15, -0.1) is 0 Å². The lowest BCUT2D eigenvalue weighted by Gasteiger charge is -2.39. The number of aliphatic imine (C=N–C) groups is 1. The molecule has 3 rings (SSSR count). The van der Waals surface area contributed by atoms with Crippen LogP contribution in [0.4, 0.5) is 0 Å². The number of rotatable bonds is 5. The zero-order valence-corrected chi connectivity index (χ0v) is 14.5. The largest absolute Gasteiger partial charge is 0.448 e. The van der Waals surface area contributed by atoms with Crippen molar-refractivity contribution in [3.05, 3.63) is 29.6 Å². The van der Waals surface area contributed by atoms with Crippen molar-refractivity contribution in [3.63, 3.8) is 0 Å². The quantitative estimate of drug-likeness (QED) is 0.818. The summed E-state index contributed by atoms with van der Waals surface area (Å²) < 4.78 is 11.0. The van der Waals surface area contributed by atoms with Gasteiger partial charge in [0, 0.05) is 18.7 Å². The molecule has 0 amide bonds. The van der Waals surface area contributed by atoms with Crippen LogP contribution in [0.15, 0.2) is 33.1 Å². The number of nitrogens with zero attached hydrogens (tertiary/aromatic N) is 3. The number of hydrogen-bond donors (Lipinski definition) is 1. The first kappa shape index (κ1) is 17.5. The van der Waals surface area contributed by atoms with E-state index in [-0.39, 0.29) is 17.8 Å². The molecular weight excluding hydrogens is 320 g/mol. The van der Waals surface area contributed by atoms with Crippen molar-refractivity contribution in [2.24, 2.45) is 22.1 Å². The van der Waals surface area contributed by atoms with Gasteiger partial charge < -0.3 is 14.9 Å².